The Hall–Kier alpha value is -2.60. The van der Waals surface area contributed by atoms with Gasteiger partial charge in [0, 0.05) is 48.8 Å². The molecule has 3 saturated heterocycles. The second-order valence-electron chi connectivity index (χ2n) is 9.90. The van der Waals surface area contributed by atoms with Crippen LogP contribution in [-0.2, 0) is 14.4 Å². The number of fused-ring (bicyclic) bond motifs is 1. The maximum absolute atomic E-state index is 13.4. The van der Waals surface area contributed by atoms with Gasteiger partial charge in [-0.15, -0.1) is 11.8 Å². The predicted molar refractivity (Wildman–Crippen MR) is 131 cm³/mol. The summed E-state index contributed by atoms with van der Waals surface area (Å²) in [6, 6.07) is -0.865. The smallest absolute Gasteiger partial charge is 0.353 e. The minimum absolute atomic E-state index is 0.0135. The fraction of sp³-hybridized carbons (Fsp3) is 0.696. The van der Waals surface area contributed by atoms with Crippen LogP contribution in [0.5, 0.6) is 0 Å². The minimum atomic E-state index is -1.16. The lowest BCUT2D eigenvalue weighted by molar-refractivity contribution is -0.163. The molecule has 6 atom stereocenters. The maximum atomic E-state index is 13.4. The number of piperazine rings is 1. The number of rotatable bonds is 5. The number of nitrogens with one attached hydrogen (secondary N) is 2. The van der Waals surface area contributed by atoms with E-state index >= 15 is 0 Å². The van der Waals surface area contributed by atoms with Crippen molar-refractivity contribution in [1.29, 1.82) is 10.8 Å². The van der Waals surface area contributed by atoms with Crippen molar-refractivity contribution in [3.63, 3.8) is 0 Å². The van der Waals surface area contributed by atoms with Gasteiger partial charge in [0.2, 0.25) is 11.8 Å². The van der Waals surface area contributed by atoms with Crippen molar-refractivity contribution in [2.75, 3.05) is 32.7 Å². The van der Waals surface area contributed by atoms with Crippen LogP contribution >= 0.6 is 11.8 Å². The highest BCUT2D eigenvalue weighted by Crippen LogP contribution is 2.52. The highest BCUT2D eigenvalue weighted by molar-refractivity contribution is 8.03. The molecule has 0 bridgehead atoms. The predicted octanol–water partition coefficient (Wildman–Crippen LogP) is 0.455. The number of amides is 2. The molecule has 0 aromatic rings. The summed E-state index contributed by atoms with van der Waals surface area (Å²) in [5, 5.41) is 35.9. The molecule has 4 aliphatic rings. The van der Waals surface area contributed by atoms with Gasteiger partial charge in [-0.3, -0.25) is 20.4 Å². The SMILES string of the molecule is CC(=N)N1CCN(C(=O)[C@@H]2C[C@H](SC3=C(C(=O)O)N4C(=O)[C@H](C(C)O)[C@H]4[C@H]3C)CN2C(C)=N)CC1. The molecule has 0 aliphatic carbocycles. The maximum Gasteiger partial charge on any atom is 0.353 e. The Bertz CT molecular complexity index is 991. The molecule has 35 heavy (non-hydrogen) atoms. The van der Waals surface area contributed by atoms with Crippen molar-refractivity contribution < 1.29 is 24.6 Å². The van der Waals surface area contributed by atoms with Crippen molar-refractivity contribution in [3.8, 4) is 0 Å². The molecular formula is C23H34N6O5S. The van der Waals surface area contributed by atoms with E-state index in [1.54, 1.807) is 30.6 Å². The molecule has 4 heterocycles. The van der Waals surface area contributed by atoms with Crippen LogP contribution in [0.15, 0.2) is 10.6 Å². The standard InChI is InChI=1S/C23H34N6O5S/c1-11-18-17(12(2)30)22(32)29(18)19(23(33)34)20(11)35-15-9-16(28(10-15)14(4)25)21(31)27-7-5-26(6-8-27)13(3)24/h11-12,15-18,24-25,30H,5-10H2,1-4H3,(H,33,34)/t11-,12?,15+,16+,17-,18-/m1/s1. The zero-order valence-corrected chi connectivity index (χ0v) is 21.3. The van der Waals surface area contributed by atoms with Crippen LogP contribution in [0.25, 0.3) is 0 Å². The highest BCUT2D eigenvalue weighted by atomic mass is 32.2. The van der Waals surface area contributed by atoms with E-state index in [2.05, 4.69) is 0 Å². The number of aliphatic carboxylic acids is 1. The number of aliphatic hydroxyl groups is 1. The number of aliphatic hydroxyl groups excluding tert-OH is 1. The summed E-state index contributed by atoms with van der Waals surface area (Å²) in [5.74, 6) is -1.63. The number of carboxylic acids is 1. The van der Waals surface area contributed by atoms with Crippen molar-refractivity contribution in [1.82, 2.24) is 19.6 Å². The number of carbonyl (C=O) groups excluding carboxylic acids is 2. The molecule has 4 aliphatic heterocycles. The van der Waals surface area contributed by atoms with Crippen LogP contribution in [0.4, 0.5) is 0 Å². The molecule has 0 aromatic carbocycles. The lowest BCUT2D eigenvalue weighted by Crippen LogP contribution is -2.63. The van der Waals surface area contributed by atoms with Gasteiger partial charge in [0.1, 0.15) is 11.7 Å². The van der Waals surface area contributed by atoms with E-state index in [0.717, 1.165) is 0 Å². The van der Waals surface area contributed by atoms with E-state index in [4.69, 9.17) is 10.8 Å². The van der Waals surface area contributed by atoms with Gasteiger partial charge in [-0.25, -0.2) is 4.79 Å². The summed E-state index contributed by atoms with van der Waals surface area (Å²) in [6.45, 7) is 9.55. The minimum Gasteiger partial charge on any atom is -0.477 e. The molecule has 2 amide bonds. The van der Waals surface area contributed by atoms with Gasteiger partial charge in [0.25, 0.3) is 0 Å². The molecule has 0 radical (unpaired) electrons. The Labute approximate surface area is 209 Å². The molecule has 1 unspecified atom stereocenters. The van der Waals surface area contributed by atoms with Crippen molar-refractivity contribution >= 4 is 41.2 Å². The number of amidine groups is 2. The van der Waals surface area contributed by atoms with Crippen LogP contribution in [0.1, 0.15) is 34.1 Å². The van der Waals surface area contributed by atoms with Crippen molar-refractivity contribution in [2.24, 2.45) is 11.8 Å². The summed E-state index contributed by atoms with van der Waals surface area (Å²) >= 11 is 1.39. The molecule has 0 saturated carbocycles. The summed E-state index contributed by atoms with van der Waals surface area (Å²) < 4.78 is 0. The molecule has 3 fully saturated rings. The van der Waals surface area contributed by atoms with Gasteiger partial charge in [-0.2, -0.15) is 0 Å². The molecule has 192 valence electrons. The van der Waals surface area contributed by atoms with E-state index in [0.29, 0.717) is 55.7 Å². The van der Waals surface area contributed by atoms with Crippen molar-refractivity contribution in [2.45, 2.75) is 57.6 Å². The molecule has 12 heteroatoms. The number of likely N-dealkylation sites (tertiary alicyclic amines) is 1. The van der Waals surface area contributed by atoms with Gasteiger partial charge in [-0.1, -0.05) is 6.92 Å². The van der Waals surface area contributed by atoms with E-state index < -0.39 is 24.0 Å². The third-order valence-electron chi connectivity index (χ3n) is 7.65. The number of thioether (sulfide) groups is 1. The van der Waals surface area contributed by atoms with Crippen molar-refractivity contribution in [3.05, 3.63) is 10.6 Å². The van der Waals surface area contributed by atoms with Gasteiger partial charge >= 0.3 is 5.97 Å². The first-order chi connectivity index (χ1) is 16.4. The number of hydrogen-bond acceptors (Lipinski definition) is 7. The quantitative estimate of drug-likeness (QED) is 0.238. The van der Waals surface area contributed by atoms with Crippen LogP contribution < -0.4 is 0 Å². The topological polar surface area (TPSA) is 152 Å². The lowest BCUT2D eigenvalue weighted by Gasteiger charge is -2.46. The average molecular weight is 507 g/mol. The van der Waals surface area contributed by atoms with Gasteiger partial charge in [0.05, 0.1) is 29.7 Å². The summed E-state index contributed by atoms with van der Waals surface area (Å²) in [7, 11) is 0. The number of carboxylic acid groups (broad SMARTS) is 1. The Kier molecular flexibility index (Phi) is 6.89. The van der Waals surface area contributed by atoms with Gasteiger partial charge in [-0.05, 0) is 27.2 Å². The zero-order valence-electron chi connectivity index (χ0n) is 20.5. The number of nitrogens with zero attached hydrogens (tertiary/aromatic N) is 4. The van der Waals surface area contributed by atoms with Gasteiger partial charge in [0.15, 0.2) is 0 Å². The van der Waals surface area contributed by atoms with E-state index in [9.17, 15) is 24.6 Å². The molecule has 0 spiro atoms. The first-order valence-corrected chi connectivity index (χ1v) is 12.9. The monoisotopic (exact) mass is 506 g/mol. The zero-order chi connectivity index (χ0) is 25.8. The van der Waals surface area contributed by atoms with Crippen LogP contribution in [0, 0.1) is 22.7 Å². The van der Waals surface area contributed by atoms with E-state index in [1.807, 2.05) is 11.8 Å². The summed E-state index contributed by atoms with van der Waals surface area (Å²) in [6.07, 6.45) is -0.377. The Balaban J connectivity index is 1.50. The molecule has 11 nitrogen and oxygen atoms in total. The van der Waals surface area contributed by atoms with E-state index in [-0.39, 0.29) is 34.7 Å². The second-order valence-corrected chi connectivity index (χ2v) is 11.2. The number of β-lactam (4-membered cyclic amide) rings is 1. The van der Waals surface area contributed by atoms with Crippen LogP contribution in [0.2, 0.25) is 0 Å². The Morgan fingerprint density at radius 3 is 2.20 bits per heavy atom. The molecular weight excluding hydrogens is 472 g/mol. The normalized spacial score (nSPS) is 31.5. The molecule has 0 aromatic heterocycles. The summed E-state index contributed by atoms with van der Waals surface area (Å²) in [4.78, 5) is 45.6. The fourth-order valence-corrected chi connectivity index (χ4v) is 7.34. The first kappa shape index (κ1) is 25.5. The third-order valence-corrected chi connectivity index (χ3v) is 9.14. The highest BCUT2D eigenvalue weighted by Gasteiger charge is 2.60. The van der Waals surface area contributed by atoms with Crippen LogP contribution in [0.3, 0.4) is 0 Å². The van der Waals surface area contributed by atoms with Gasteiger partial charge < -0.3 is 29.8 Å². The average Bonchev–Trinajstić information content (AvgIpc) is 3.31. The lowest BCUT2D eigenvalue weighted by atomic mass is 9.79. The fourth-order valence-electron chi connectivity index (χ4n) is 5.82. The number of hydrogen-bond donors (Lipinski definition) is 4. The first-order valence-electron chi connectivity index (χ1n) is 12.0. The Morgan fingerprint density at radius 1 is 1.09 bits per heavy atom. The second kappa shape index (κ2) is 9.45. The molecule has 4 N–H and O–H groups in total. The summed E-state index contributed by atoms with van der Waals surface area (Å²) in [5.41, 5.74) is -0.0135. The molecule has 4 rings (SSSR count). The van der Waals surface area contributed by atoms with E-state index in [1.165, 1.54) is 16.7 Å². The largest absolute Gasteiger partial charge is 0.477 e. The third kappa shape index (κ3) is 4.31. The Morgan fingerprint density at radius 2 is 1.69 bits per heavy atom. The van der Waals surface area contributed by atoms with Crippen LogP contribution in [-0.4, -0.2) is 115 Å². The number of carbonyl (C=O) groups is 3.